The molecular weight excluding hydrogens is 427 g/mol. The van der Waals surface area contributed by atoms with Crippen LogP contribution in [-0.2, 0) is 16.1 Å². The number of hydrogen-bond donors (Lipinski definition) is 1. The Kier molecular flexibility index (Phi) is 6.23. The number of fused-ring (bicyclic) bond motifs is 1. The molecule has 2 heterocycles. The predicted octanol–water partition coefficient (Wildman–Crippen LogP) is 3.38. The van der Waals surface area contributed by atoms with Gasteiger partial charge in [-0.2, -0.15) is 5.10 Å². The highest BCUT2D eigenvalue weighted by molar-refractivity contribution is 6.12. The molecular formula is C24H29FN4O4. The summed E-state index contributed by atoms with van der Waals surface area (Å²) in [6, 6.07) is 5.53. The maximum atomic E-state index is 13.8. The van der Waals surface area contributed by atoms with Gasteiger partial charge in [0.05, 0.1) is 13.2 Å². The van der Waals surface area contributed by atoms with E-state index in [1.807, 2.05) is 0 Å². The maximum Gasteiger partial charge on any atom is 0.358 e. The molecule has 2 aromatic rings. The fourth-order valence-electron chi connectivity index (χ4n) is 4.72. The summed E-state index contributed by atoms with van der Waals surface area (Å²) in [6.07, 6.45) is 5.04. The summed E-state index contributed by atoms with van der Waals surface area (Å²) in [4.78, 5) is 41.0. The lowest BCUT2D eigenvalue weighted by atomic mass is 9.90. The van der Waals surface area contributed by atoms with Crippen molar-refractivity contribution in [2.24, 2.45) is 0 Å². The molecule has 1 unspecified atom stereocenters. The molecule has 1 aromatic carbocycles. The number of nitrogens with one attached hydrogen (secondary N) is 1. The quantitative estimate of drug-likeness (QED) is 0.697. The molecule has 33 heavy (non-hydrogen) atoms. The molecule has 1 N–H and O–H groups in total. The number of hydrogen-bond acceptors (Lipinski definition) is 5. The van der Waals surface area contributed by atoms with E-state index in [-0.39, 0.29) is 36.5 Å². The van der Waals surface area contributed by atoms with E-state index in [1.165, 1.54) is 33.8 Å². The second-order valence-corrected chi connectivity index (χ2v) is 8.95. The number of rotatable bonds is 5. The van der Waals surface area contributed by atoms with Gasteiger partial charge in [-0.1, -0.05) is 19.3 Å². The van der Waals surface area contributed by atoms with E-state index in [2.05, 4.69) is 10.4 Å². The molecule has 0 spiro atoms. The molecule has 9 heteroatoms. The van der Waals surface area contributed by atoms with Crippen LogP contribution in [0.4, 0.5) is 10.1 Å². The number of nitrogens with zero attached hydrogens (tertiary/aromatic N) is 3. The summed E-state index contributed by atoms with van der Waals surface area (Å²) in [5.74, 6) is -1.85. The minimum Gasteiger partial charge on any atom is -0.461 e. The van der Waals surface area contributed by atoms with Crippen LogP contribution < -0.4 is 10.2 Å². The molecule has 2 aliphatic rings. The molecule has 4 rings (SSSR count). The highest BCUT2D eigenvalue weighted by Gasteiger charge is 2.50. The Morgan fingerprint density at radius 2 is 1.97 bits per heavy atom. The van der Waals surface area contributed by atoms with Gasteiger partial charge in [-0.05, 0) is 57.4 Å². The normalized spacial score (nSPS) is 21.0. The smallest absolute Gasteiger partial charge is 0.358 e. The van der Waals surface area contributed by atoms with Crippen molar-refractivity contribution in [1.82, 2.24) is 15.1 Å². The van der Waals surface area contributed by atoms with E-state index in [1.54, 1.807) is 20.8 Å². The zero-order chi connectivity index (χ0) is 23.8. The molecule has 1 saturated carbocycles. The fraction of sp³-hybridized carbons (Fsp3) is 0.500. The summed E-state index contributed by atoms with van der Waals surface area (Å²) >= 11 is 0. The average molecular weight is 457 g/mol. The lowest BCUT2D eigenvalue weighted by Crippen LogP contribution is -2.65. The van der Waals surface area contributed by atoms with Gasteiger partial charge in [0.25, 0.3) is 5.91 Å². The van der Waals surface area contributed by atoms with Crippen molar-refractivity contribution in [3.8, 4) is 0 Å². The lowest BCUT2D eigenvalue weighted by molar-refractivity contribution is -0.127. The predicted molar refractivity (Wildman–Crippen MR) is 120 cm³/mol. The SMILES string of the molecule is CCOC(=O)c1cc2n(n1)CC(C)(C(=O)NC1CCCCC1)N(c1ccc(F)cc1C)C2=O. The van der Waals surface area contributed by atoms with Crippen LogP contribution in [-0.4, -0.2) is 45.8 Å². The van der Waals surface area contributed by atoms with Crippen molar-refractivity contribution in [3.63, 3.8) is 0 Å². The fourth-order valence-corrected chi connectivity index (χ4v) is 4.72. The number of halogens is 1. The molecule has 1 aliphatic heterocycles. The third-order valence-electron chi connectivity index (χ3n) is 6.47. The first-order valence-electron chi connectivity index (χ1n) is 11.4. The van der Waals surface area contributed by atoms with Crippen LogP contribution in [0.15, 0.2) is 24.3 Å². The standard InChI is InChI=1S/C24H29FN4O4/c1-4-33-22(31)18-13-20-21(30)29(19-11-10-16(25)12-15(19)2)24(3,14-28(20)27-18)23(32)26-17-8-6-5-7-9-17/h10-13,17H,4-9,14H2,1-3H3,(H,26,32). The van der Waals surface area contributed by atoms with Crippen LogP contribution in [0.3, 0.4) is 0 Å². The summed E-state index contributed by atoms with van der Waals surface area (Å²) < 4.78 is 20.2. The molecule has 1 atom stereocenters. The number of ether oxygens (including phenoxy) is 1. The summed E-state index contributed by atoms with van der Waals surface area (Å²) in [7, 11) is 0. The largest absolute Gasteiger partial charge is 0.461 e. The second-order valence-electron chi connectivity index (χ2n) is 8.95. The van der Waals surface area contributed by atoms with Gasteiger partial charge in [0.1, 0.15) is 17.1 Å². The van der Waals surface area contributed by atoms with E-state index >= 15 is 0 Å². The zero-order valence-electron chi connectivity index (χ0n) is 19.2. The van der Waals surface area contributed by atoms with E-state index in [9.17, 15) is 18.8 Å². The van der Waals surface area contributed by atoms with Crippen molar-refractivity contribution >= 4 is 23.5 Å². The number of anilines is 1. The van der Waals surface area contributed by atoms with Gasteiger partial charge >= 0.3 is 5.97 Å². The van der Waals surface area contributed by atoms with Crippen LogP contribution in [0.5, 0.6) is 0 Å². The topological polar surface area (TPSA) is 93.5 Å². The number of carbonyl (C=O) groups is 3. The van der Waals surface area contributed by atoms with Crippen LogP contribution >= 0.6 is 0 Å². The summed E-state index contributed by atoms with van der Waals surface area (Å²) in [6.45, 7) is 5.28. The molecule has 2 amide bonds. The van der Waals surface area contributed by atoms with Crippen LogP contribution in [0.1, 0.15) is 72.5 Å². The first-order chi connectivity index (χ1) is 15.7. The highest BCUT2D eigenvalue weighted by Crippen LogP contribution is 2.35. The van der Waals surface area contributed by atoms with Gasteiger partial charge in [-0.3, -0.25) is 19.2 Å². The monoisotopic (exact) mass is 456 g/mol. The number of aromatic nitrogens is 2. The van der Waals surface area contributed by atoms with E-state index in [0.29, 0.717) is 11.3 Å². The first kappa shape index (κ1) is 22.9. The minimum atomic E-state index is -1.33. The van der Waals surface area contributed by atoms with Crippen molar-refractivity contribution in [2.75, 3.05) is 11.5 Å². The Balaban J connectivity index is 1.77. The van der Waals surface area contributed by atoms with E-state index in [4.69, 9.17) is 4.74 Å². The number of benzene rings is 1. The van der Waals surface area contributed by atoms with Crippen LogP contribution in [0.2, 0.25) is 0 Å². The number of esters is 1. The number of carbonyl (C=O) groups excluding carboxylic acids is 3. The molecule has 176 valence electrons. The Hall–Kier alpha value is -3.23. The minimum absolute atomic E-state index is 0.00733. The van der Waals surface area contributed by atoms with Gasteiger partial charge in [0, 0.05) is 17.8 Å². The van der Waals surface area contributed by atoms with Gasteiger partial charge < -0.3 is 10.1 Å². The number of amides is 2. The van der Waals surface area contributed by atoms with E-state index < -0.39 is 23.2 Å². The Bertz CT molecular complexity index is 1090. The first-order valence-corrected chi connectivity index (χ1v) is 11.4. The van der Waals surface area contributed by atoms with Gasteiger partial charge in [0.15, 0.2) is 5.69 Å². The molecule has 1 aliphatic carbocycles. The van der Waals surface area contributed by atoms with Crippen molar-refractivity contribution in [2.45, 2.75) is 71.0 Å². The summed E-state index contributed by atoms with van der Waals surface area (Å²) in [5, 5.41) is 7.38. The molecule has 1 aromatic heterocycles. The van der Waals surface area contributed by atoms with Gasteiger partial charge in [0.2, 0.25) is 5.91 Å². The van der Waals surface area contributed by atoms with Gasteiger partial charge in [-0.15, -0.1) is 0 Å². The van der Waals surface area contributed by atoms with Gasteiger partial charge in [-0.25, -0.2) is 9.18 Å². The van der Waals surface area contributed by atoms with Crippen molar-refractivity contribution in [3.05, 3.63) is 47.0 Å². The number of aryl methyl sites for hydroxylation is 1. The van der Waals surface area contributed by atoms with Crippen molar-refractivity contribution in [1.29, 1.82) is 0 Å². The Morgan fingerprint density at radius 1 is 1.24 bits per heavy atom. The third-order valence-corrected chi connectivity index (χ3v) is 6.47. The molecule has 0 bridgehead atoms. The molecule has 0 saturated heterocycles. The maximum absolute atomic E-state index is 13.8. The van der Waals surface area contributed by atoms with Crippen molar-refractivity contribution < 1.29 is 23.5 Å². The van der Waals surface area contributed by atoms with E-state index in [0.717, 1.165) is 32.1 Å². The van der Waals surface area contributed by atoms with Crippen LogP contribution in [0.25, 0.3) is 0 Å². The molecule has 8 nitrogen and oxygen atoms in total. The lowest BCUT2D eigenvalue weighted by Gasteiger charge is -2.44. The highest BCUT2D eigenvalue weighted by atomic mass is 19.1. The summed E-state index contributed by atoms with van der Waals surface area (Å²) in [5.41, 5.74) is -0.189. The van der Waals surface area contributed by atoms with Crippen LogP contribution in [0, 0.1) is 12.7 Å². The third kappa shape index (κ3) is 4.24. The zero-order valence-corrected chi connectivity index (χ0v) is 19.2. The molecule has 1 fully saturated rings. The average Bonchev–Trinajstić information content (AvgIpc) is 3.20. The Labute approximate surface area is 192 Å². The Morgan fingerprint density at radius 3 is 2.64 bits per heavy atom. The second kappa shape index (κ2) is 8.96. The molecule has 0 radical (unpaired) electrons.